The molecule has 2 rings (SSSR count). The van der Waals surface area contributed by atoms with Gasteiger partial charge in [-0.2, -0.15) is 11.3 Å². The third kappa shape index (κ3) is 6.17. The van der Waals surface area contributed by atoms with Gasteiger partial charge in [0.05, 0.1) is 4.88 Å². The largest absolute Gasteiger partial charge is 0.297 e. The average Bonchev–Trinajstić information content (AvgIpc) is 2.96. The molecule has 2 aromatic rings. The van der Waals surface area contributed by atoms with Gasteiger partial charge in [-0.05, 0) is 66.6 Å². The zero-order valence-electron chi connectivity index (χ0n) is 12.1. The van der Waals surface area contributed by atoms with Gasteiger partial charge in [-0.3, -0.25) is 4.79 Å². The van der Waals surface area contributed by atoms with Crippen LogP contribution in [0.1, 0.15) is 45.9 Å². The van der Waals surface area contributed by atoms with Crippen molar-refractivity contribution in [3.8, 4) is 0 Å². The number of thiophene rings is 2. The lowest BCUT2D eigenvalue weighted by atomic mass is 10.1. The summed E-state index contributed by atoms with van der Waals surface area (Å²) < 4.78 is 0. The van der Waals surface area contributed by atoms with Gasteiger partial charge in [-0.15, -0.1) is 11.3 Å². The van der Waals surface area contributed by atoms with E-state index in [1.807, 2.05) is 6.92 Å². The zero-order valence-corrected chi connectivity index (χ0v) is 13.7. The van der Waals surface area contributed by atoms with Crippen LogP contribution in [0.15, 0.2) is 22.9 Å². The molecule has 0 radical (unpaired) electrons. The van der Waals surface area contributed by atoms with Crippen molar-refractivity contribution in [2.24, 2.45) is 5.92 Å². The second-order valence-electron chi connectivity index (χ2n) is 5.11. The summed E-state index contributed by atoms with van der Waals surface area (Å²) in [6.45, 7) is 8.54. The molecule has 0 bridgehead atoms. The Morgan fingerprint density at radius 3 is 2.42 bits per heavy atom. The number of aldehydes is 1. The summed E-state index contributed by atoms with van der Waals surface area (Å²) in [7, 11) is 0. The van der Waals surface area contributed by atoms with Crippen LogP contribution in [0.3, 0.4) is 0 Å². The lowest BCUT2D eigenvalue weighted by Gasteiger charge is -2.00. The van der Waals surface area contributed by atoms with Gasteiger partial charge in [0.1, 0.15) is 0 Å². The molecule has 0 unspecified atom stereocenters. The summed E-state index contributed by atoms with van der Waals surface area (Å²) in [5, 5.41) is 4.20. The van der Waals surface area contributed by atoms with Crippen LogP contribution in [0.2, 0.25) is 0 Å². The molecular weight excluding hydrogens is 272 g/mol. The van der Waals surface area contributed by atoms with Crippen molar-refractivity contribution in [3.63, 3.8) is 0 Å². The maximum absolute atomic E-state index is 10.6. The van der Waals surface area contributed by atoms with Gasteiger partial charge >= 0.3 is 0 Å². The van der Waals surface area contributed by atoms with Gasteiger partial charge in [-0.1, -0.05) is 13.8 Å². The first-order valence-electron chi connectivity index (χ1n) is 6.56. The van der Waals surface area contributed by atoms with E-state index in [0.29, 0.717) is 0 Å². The van der Waals surface area contributed by atoms with Crippen molar-refractivity contribution in [2.45, 2.75) is 40.5 Å². The predicted molar refractivity (Wildman–Crippen MR) is 86.7 cm³/mol. The van der Waals surface area contributed by atoms with E-state index in [1.165, 1.54) is 16.9 Å². The molecule has 0 saturated heterocycles. The lowest BCUT2D eigenvalue weighted by Crippen LogP contribution is -1.89. The molecule has 2 aromatic heterocycles. The number of carbonyl (C=O) groups excluding carboxylic acids is 1. The first-order chi connectivity index (χ1) is 9.02. The van der Waals surface area contributed by atoms with Gasteiger partial charge in [-0.25, -0.2) is 0 Å². The summed E-state index contributed by atoms with van der Waals surface area (Å²) in [4.78, 5) is 12.8. The molecule has 0 aliphatic carbocycles. The van der Waals surface area contributed by atoms with Crippen LogP contribution >= 0.6 is 22.7 Å². The van der Waals surface area contributed by atoms with E-state index in [2.05, 4.69) is 43.7 Å². The number of aryl methyl sites for hydroxylation is 3. The third-order valence-electron chi connectivity index (χ3n) is 2.75. The molecule has 0 atom stereocenters. The van der Waals surface area contributed by atoms with Crippen molar-refractivity contribution in [2.75, 3.05) is 0 Å². The first kappa shape index (κ1) is 16.1. The van der Waals surface area contributed by atoms with Crippen LogP contribution in [0.5, 0.6) is 0 Å². The Bertz CT molecular complexity index is 481. The smallest absolute Gasteiger partial charge is 0.160 e. The summed E-state index contributed by atoms with van der Waals surface area (Å²) in [5.41, 5.74) is 2.48. The highest BCUT2D eigenvalue weighted by molar-refractivity contribution is 7.13. The van der Waals surface area contributed by atoms with E-state index in [-0.39, 0.29) is 0 Å². The van der Waals surface area contributed by atoms with Crippen LogP contribution < -0.4 is 0 Å². The summed E-state index contributed by atoms with van der Waals surface area (Å²) >= 11 is 3.37. The van der Waals surface area contributed by atoms with Crippen LogP contribution in [0, 0.1) is 19.8 Å². The van der Waals surface area contributed by atoms with Crippen LogP contribution in [0.25, 0.3) is 0 Å². The minimum atomic E-state index is 0.738. The summed E-state index contributed by atoms with van der Waals surface area (Å²) in [6, 6.07) is 4.24. The van der Waals surface area contributed by atoms with E-state index in [9.17, 15) is 4.79 Å². The Labute approximate surface area is 124 Å². The second kappa shape index (κ2) is 8.28. The highest BCUT2D eigenvalue weighted by atomic mass is 32.1. The van der Waals surface area contributed by atoms with Gasteiger partial charge in [0.25, 0.3) is 0 Å². The minimum Gasteiger partial charge on any atom is -0.297 e. The van der Waals surface area contributed by atoms with Crippen molar-refractivity contribution < 1.29 is 4.79 Å². The first-order valence-corrected chi connectivity index (χ1v) is 8.32. The Kier molecular flexibility index (Phi) is 7.03. The Morgan fingerprint density at radius 1 is 1.32 bits per heavy atom. The molecule has 0 aromatic carbocycles. The predicted octanol–water partition coefficient (Wildman–Crippen LogP) is 5.51. The van der Waals surface area contributed by atoms with Gasteiger partial charge in [0.15, 0.2) is 6.29 Å². The Balaban J connectivity index is 0.000000250. The lowest BCUT2D eigenvalue weighted by molar-refractivity contribution is 0.112. The van der Waals surface area contributed by atoms with Gasteiger partial charge in [0, 0.05) is 4.88 Å². The highest BCUT2D eigenvalue weighted by Gasteiger charge is 2.04. The van der Waals surface area contributed by atoms with E-state index in [1.54, 1.807) is 22.7 Å². The maximum Gasteiger partial charge on any atom is 0.160 e. The SMILES string of the molecule is Cc1cc(CCC(C)C)sc1C=O.Cc1ccsc1. The third-order valence-corrected chi connectivity index (χ3v) is 4.77. The molecule has 0 saturated carbocycles. The van der Waals surface area contributed by atoms with E-state index in [0.717, 1.165) is 29.1 Å². The summed E-state index contributed by atoms with van der Waals surface area (Å²) in [5.74, 6) is 0.738. The number of hydrogen-bond acceptors (Lipinski definition) is 3. The topological polar surface area (TPSA) is 17.1 Å². The fourth-order valence-corrected chi connectivity index (χ4v) is 3.24. The fraction of sp³-hybridized carbons (Fsp3) is 0.438. The van der Waals surface area contributed by atoms with Crippen LogP contribution in [-0.2, 0) is 6.42 Å². The van der Waals surface area contributed by atoms with Crippen molar-refractivity contribution in [3.05, 3.63) is 43.8 Å². The van der Waals surface area contributed by atoms with Crippen molar-refractivity contribution in [1.29, 1.82) is 0 Å². The molecule has 0 aliphatic heterocycles. The maximum atomic E-state index is 10.6. The molecule has 19 heavy (non-hydrogen) atoms. The molecule has 3 heteroatoms. The van der Waals surface area contributed by atoms with Gasteiger partial charge in [0.2, 0.25) is 0 Å². The van der Waals surface area contributed by atoms with Gasteiger partial charge < -0.3 is 0 Å². The zero-order chi connectivity index (χ0) is 14.3. The fourth-order valence-electron chi connectivity index (χ4n) is 1.57. The highest BCUT2D eigenvalue weighted by Crippen LogP contribution is 2.22. The molecule has 104 valence electrons. The van der Waals surface area contributed by atoms with Crippen molar-refractivity contribution in [1.82, 2.24) is 0 Å². The second-order valence-corrected chi connectivity index (χ2v) is 7.06. The normalized spacial score (nSPS) is 10.2. The standard InChI is InChI=1S/C11H16OS.C5H6S/c1-8(2)4-5-10-6-9(3)11(7-12)13-10;1-5-2-3-6-4-5/h6-8H,4-5H2,1-3H3;2-4H,1H3. The Morgan fingerprint density at radius 2 is 2.05 bits per heavy atom. The number of rotatable bonds is 4. The monoisotopic (exact) mass is 294 g/mol. The van der Waals surface area contributed by atoms with E-state index in [4.69, 9.17) is 0 Å². The van der Waals surface area contributed by atoms with E-state index < -0.39 is 0 Å². The molecule has 1 nitrogen and oxygen atoms in total. The molecule has 0 N–H and O–H groups in total. The quantitative estimate of drug-likeness (QED) is 0.679. The Hall–Kier alpha value is -0.930. The number of carbonyl (C=O) groups is 1. The number of hydrogen-bond donors (Lipinski definition) is 0. The summed E-state index contributed by atoms with van der Waals surface area (Å²) in [6.07, 6.45) is 3.27. The molecule has 0 amide bonds. The minimum absolute atomic E-state index is 0.738. The van der Waals surface area contributed by atoms with Crippen LogP contribution in [0.4, 0.5) is 0 Å². The van der Waals surface area contributed by atoms with E-state index >= 15 is 0 Å². The molecular formula is C16H22OS2. The molecule has 0 aliphatic rings. The molecule has 2 heterocycles. The molecule has 0 spiro atoms. The molecule has 0 fully saturated rings. The average molecular weight is 294 g/mol. The van der Waals surface area contributed by atoms with Crippen LogP contribution in [-0.4, -0.2) is 6.29 Å². The van der Waals surface area contributed by atoms with Crippen molar-refractivity contribution >= 4 is 29.0 Å².